The van der Waals surface area contributed by atoms with E-state index in [2.05, 4.69) is 5.16 Å². The van der Waals surface area contributed by atoms with Crippen molar-refractivity contribution in [1.82, 2.24) is 4.90 Å². The summed E-state index contributed by atoms with van der Waals surface area (Å²) in [5, 5.41) is 4.97. The Morgan fingerprint density at radius 3 is 2.60 bits per heavy atom. The molecule has 0 bridgehead atoms. The number of nitrogens with zero attached hydrogens (tertiary/aromatic N) is 2. The minimum Gasteiger partial charge on any atom is -0.497 e. The molecule has 30 heavy (non-hydrogen) atoms. The van der Waals surface area contributed by atoms with Crippen molar-refractivity contribution in [3.05, 3.63) is 64.7 Å². The van der Waals surface area contributed by atoms with E-state index in [1.54, 1.807) is 7.11 Å². The van der Waals surface area contributed by atoms with Crippen LogP contribution in [0.2, 0.25) is 5.02 Å². The number of ether oxygens (including phenoxy) is 1. The summed E-state index contributed by atoms with van der Waals surface area (Å²) in [4.78, 5) is 20.9. The van der Waals surface area contributed by atoms with E-state index >= 15 is 0 Å². The lowest BCUT2D eigenvalue weighted by Crippen LogP contribution is -2.40. The maximum atomic E-state index is 13.2. The summed E-state index contributed by atoms with van der Waals surface area (Å²) in [6.45, 7) is 0.996. The Bertz CT molecular complexity index is 907. The van der Waals surface area contributed by atoms with Gasteiger partial charge in [-0.3, -0.25) is 4.79 Å². The normalized spacial score (nSPS) is 18.7. The summed E-state index contributed by atoms with van der Waals surface area (Å²) >= 11 is 6.38. The fourth-order valence-corrected chi connectivity index (χ4v) is 4.42. The topological polar surface area (TPSA) is 51.1 Å². The van der Waals surface area contributed by atoms with Gasteiger partial charge in [0.05, 0.1) is 19.4 Å². The Labute approximate surface area is 182 Å². The summed E-state index contributed by atoms with van der Waals surface area (Å²) in [7, 11) is 1.65. The summed E-state index contributed by atoms with van der Waals surface area (Å²) in [6.07, 6.45) is 4.70. The van der Waals surface area contributed by atoms with Gasteiger partial charge in [-0.2, -0.15) is 0 Å². The predicted molar refractivity (Wildman–Crippen MR) is 118 cm³/mol. The van der Waals surface area contributed by atoms with Crippen molar-refractivity contribution in [2.24, 2.45) is 11.1 Å². The largest absolute Gasteiger partial charge is 0.497 e. The number of carbonyl (C=O) groups excluding carboxylic acids is 1. The van der Waals surface area contributed by atoms with Crippen molar-refractivity contribution >= 4 is 23.2 Å². The highest BCUT2D eigenvalue weighted by Crippen LogP contribution is 2.29. The molecule has 1 amide bonds. The first kappa shape index (κ1) is 20.7. The molecule has 6 heteroatoms. The van der Waals surface area contributed by atoms with Gasteiger partial charge >= 0.3 is 0 Å². The molecule has 0 spiro atoms. The van der Waals surface area contributed by atoms with Crippen LogP contribution in [0.4, 0.5) is 0 Å². The van der Waals surface area contributed by atoms with Crippen LogP contribution in [0.15, 0.2) is 53.7 Å². The number of hydrogen-bond acceptors (Lipinski definition) is 4. The first-order valence-electron chi connectivity index (χ1n) is 10.5. The number of benzene rings is 2. The SMILES string of the molecule is COc1ccc(C2=NO[C@H](CN(Cc3ccccc3Cl)C(=O)C3CCCC3)C2)cc1. The van der Waals surface area contributed by atoms with Crippen molar-refractivity contribution < 1.29 is 14.4 Å². The molecular weight excluding hydrogens is 400 g/mol. The van der Waals surface area contributed by atoms with Gasteiger partial charge in [0.2, 0.25) is 5.91 Å². The van der Waals surface area contributed by atoms with Crippen LogP contribution >= 0.6 is 11.6 Å². The third-order valence-electron chi connectivity index (χ3n) is 5.92. The Morgan fingerprint density at radius 2 is 1.90 bits per heavy atom. The molecule has 0 unspecified atom stereocenters. The van der Waals surface area contributed by atoms with Crippen molar-refractivity contribution in [3.8, 4) is 5.75 Å². The van der Waals surface area contributed by atoms with Crippen LogP contribution in [0, 0.1) is 5.92 Å². The zero-order valence-electron chi connectivity index (χ0n) is 17.2. The summed E-state index contributed by atoms with van der Waals surface area (Å²) in [5.74, 6) is 1.12. The first-order chi connectivity index (χ1) is 14.6. The van der Waals surface area contributed by atoms with E-state index in [0.717, 1.165) is 48.3 Å². The highest BCUT2D eigenvalue weighted by atomic mass is 35.5. The lowest BCUT2D eigenvalue weighted by molar-refractivity contribution is -0.137. The van der Waals surface area contributed by atoms with Gasteiger partial charge in [0.15, 0.2) is 6.10 Å². The standard InChI is InChI=1S/C24H27ClN2O3/c1-29-20-12-10-17(11-13-20)23-14-21(30-26-23)16-27(24(28)18-6-2-3-7-18)15-19-8-4-5-9-22(19)25/h4-5,8-13,18,21H,2-3,6-7,14-16H2,1H3/t21-/m0/s1. The van der Waals surface area contributed by atoms with Crippen LogP contribution < -0.4 is 4.74 Å². The van der Waals surface area contributed by atoms with Gasteiger partial charge in [0.1, 0.15) is 5.75 Å². The second kappa shape index (κ2) is 9.52. The van der Waals surface area contributed by atoms with Crippen LogP contribution in [-0.4, -0.2) is 36.3 Å². The Morgan fingerprint density at radius 1 is 1.17 bits per heavy atom. The second-order valence-electron chi connectivity index (χ2n) is 7.99. The average Bonchev–Trinajstić information content (AvgIpc) is 3.47. The Kier molecular flexibility index (Phi) is 6.58. The number of carbonyl (C=O) groups is 1. The van der Waals surface area contributed by atoms with Crippen LogP contribution in [0.5, 0.6) is 5.75 Å². The minimum atomic E-state index is -0.157. The smallest absolute Gasteiger partial charge is 0.226 e. The summed E-state index contributed by atoms with van der Waals surface area (Å²) in [5.41, 5.74) is 2.87. The van der Waals surface area contributed by atoms with E-state index in [1.165, 1.54) is 0 Å². The van der Waals surface area contributed by atoms with Gasteiger partial charge in [-0.1, -0.05) is 47.8 Å². The third kappa shape index (κ3) is 4.78. The molecule has 1 fully saturated rings. The molecule has 0 radical (unpaired) electrons. The van der Waals surface area contributed by atoms with Gasteiger partial charge in [-0.05, 0) is 54.3 Å². The first-order valence-corrected chi connectivity index (χ1v) is 10.9. The predicted octanol–water partition coefficient (Wildman–Crippen LogP) is 5.06. The molecule has 0 saturated heterocycles. The van der Waals surface area contributed by atoms with E-state index in [0.29, 0.717) is 24.5 Å². The fourth-order valence-electron chi connectivity index (χ4n) is 4.22. The molecule has 1 aliphatic carbocycles. The molecule has 1 saturated carbocycles. The highest BCUT2D eigenvalue weighted by Gasteiger charge is 2.31. The number of amides is 1. The lowest BCUT2D eigenvalue weighted by atomic mass is 10.0. The molecule has 1 aliphatic heterocycles. The monoisotopic (exact) mass is 426 g/mol. The molecule has 158 valence electrons. The number of oxime groups is 1. The van der Waals surface area contributed by atoms with Gasteiger partial charge < -0.3 is 14.5 Å². The van der Waals surface area contributed by atoms with Crippen molar-refractivity contribution in [3.63, 3.8) is 0 Å². The molecule has 2 aromatic carbocycles. The van der Waals surface area contributed by atoms with Gasteiger partial charge in [0, 0.05) is 23.9 Å². The molecular formula is C24H27ClN2O3. The molecule has 5 nitrogen and oxygen atoms in total. The number of hydrogen-bond donors (Lipinski definition) is 0. The van der Waals surface area contributed by atoms with E-state index in [9.17, 15) is 4.79 Å². The van der Waals surface area contributed by atoms with Crippen molar-refractivity contribution in [1.29, 1.82) is 0 Å². The molecule has 0 aromatic heterocycles. The average molecular weight is 427 g/mol. The van der Waals surface area contributed by atoms with E-state index < -0.39 is 0 Å². The quantitative estimate of drug-likeness (QED) is 0.621. The molecule has 4 rings (SSSR count). The maximum Gasteiger partial charge on any atom is 0.226 e. The number of rotatable bonds is 7. The van der Waals surface area contributed by atoms with Crippen LogP contribution in [0.25, 0.3) is 0 Å². The maximum absolute atomic E-state index is 13.2. The second-order valence-corrected chi connectivity index (χ2v) is 8.40. The number of methoxy groups -OCH3 is 1. The van der Waals surface area contributed by atoms with Gasteiger partial charge in [0.25, 0.3) is 0 Å². The van der Waals surface area contributed by atoms with Crippen LogP contribution in [0.3, 0.4) is 0 Å². The van der Waals surface area contributed by atoms with E-state index in [-0.39, 0.29) is 17.9 Å². The molecule has 2 aliphatic rings. The third-order valence-corrected chi connectivity index (χ3v) is 6.28. The molecule has 2 aromatic rings. The summed E-state index contributed by atoms with van der Waals surface area (Å²) < 4.78 is 5.22. The summed E-state index contributed by atoms with van der Waals surface area (Å²) in [6, 6.07) is 15.5. The van der Waals surface area contributed by atoms with Crippen molar-refractivity contribution in [2.45, 2.75) is 44.8 Å². The van der Waals surface area contributed by atoms with Crippen molar-refractivity contribution in [2.75, 3.05) is 13.7 Å². The molecule has 1 heterocycles. The van der Waals surface area contributed by atoms with Gasteiger partial charge in [-0.25, -0.2) is 0 Å². The minimum absolute atomic E-state index is 0.107. The zero-order valence-corrected chi connectivity index (χ0v) is 18.0. The van der Waals surface area contributed by atoms with E-state index in [1.807, 2.05) is 53.4 Å². The Balaban J connectivity index is 1.45. The fraction of sp³-hybridized carbons (Fsp3) is 0.417. The zero-order chi connectivity index (χ0) is 20.9. The van der Waals surface area contributed by atoms with E-state index in [4.69, 9.17) is 21.2 Å². The highest BCUT2D eigenvalue weighted by molar-refractivity contribution is 6.31. The van der Waals surface area contributed by atoms with Crippen LogP contribution in [-0.2, 0) is 16.2 Å². The molecule has 1 atom stereocenters. The molecule has 0 N–H and O–H groups in total. The van der Waals surface area contributed by atoms with Gasteiger partial charge in [-0.15, -0.1) is 0 Å². The Hall–Kier alpha value is -2.53. The number of halogens is 1. The van der Waals surface area contributed by atoms with Crippen LogP contribution in [0.1, 0.15) is 43.2 Å². The lowest BCUT2D eigenvalue weighted by Gasteiger charge is -2.28.